The summed E-state index contributed by atoms with van der Waals surface area (Å²) in [7, 11) is 1.21. The van der Waals surface area contributed by atoms with Crippen LogP contribution < -0.4 is 11.0 Å². The molecule has 1 aliphatic heterocycles. The largest absolute Gasteiger partial charge is 0.467 e. The van der Waals surface area contributed by atoms with Crippen molar-refractivity contribution in [2.75, 3.05) is 20.2 Å². The van der Waals surface area contributed by atoms with Crippen molar-refractivity contribution in [3.05, 3.63) is 40.6 Å². The molecule has 2 aromatic rings. The summed E-state index contributed by atoms with van der Waals surface area (Å²) in [5, 5.41) is 9.63. The van der Waals surface area contributed by atoms with Gasteiger partial charge in [-0.2, -0.15) is 4.68 Å². The summed E-state index contributed by atoms with van der Waals surface area (Å²) in [6.07, 6.45) is 0.622. The fourth-order valence-corrected chi connectivity index (χ4v) is 3.07. The highest BCUT2D eigenvalue weighted by Gasteiger charge is 2.43. The Hall–Kier alpha value is -3.57. The lowest BCUT2D eigenvalue weighted by Crippen LogP contribution is -2.60. The first kappa shape index (κ1) is 19.2. The van der Waals surface area contributed by atoms with Gasteiger partial charge >= 0.3 is 17.7 Å². The normalized spacial score (nSPS) is 15.7. The van der Waals surface area contributed by atoms with Crippen molar-refractivity contribution in [1.29, 1.82) is 0 Å². The van der Waals surface area contributed by atoms with E-state index in [2.05, 4.69) is 15.7 Å². The van der Waals surface area contributed by atoms with Gasteiger partial charge in [0.2, 0.25) is 6.41 Å². The lowest BCUT2D eigenvalue weighted by atomic mass is 9.88. The van der Waals surface area contributed by atoms with Gasteiger partial charge in [0.1, 0.15) is 11.4 Å². The molecule has 2 heterocycles. The average molecular weight is 392 g/mol. The minimum atomic E-state index is -1.22. The molecule has 0 spiro atoms. The Kier molecular flexibility index (Phi) is 5.20. The van der Waals surface area contributed by atoms with Gasteiger partial charge in [-0.25, -0.2) is 18.8 Å². The number of likely N-dealkylation sites (tertiary alicyclic amines) is 1. The first-order valence-electron chi connectivity index (χ1n) is 8.32. The van der Waals surface area contributed by atoms with Crippen LogP contribution in [0.15, 0.2) is 29.1 Å². The number of halogens is 1. The van der Waals surface area contributed by atoms with Gasteiger partial charge in [-0.3, -0.25) is 4.79 Å². The molecule has 0 aliphatic carbocycles. The van der Waals surface area contributed by atoms with Crippen LogP contribution in [0.1, 0.15) is 12.8 Å². The third kappa shape index (κ3) is 3.35. The van der Waals surface area contributed by atoms with Crippen LogP contribution in [0.25, 0.3) is 5.69 Å². The second kappa shape index (κ2) is 7.58. The highest BCUT2D eigenvalue weighted by Crippen LogP contribution is 2.23. The number of tetrazole rings is 1. The third-order valence-corrected chi connectivity index (χ3v) is 4.61. The van der Waals surface area contributed by atoms with Crippen molar-refractivity contribution >= 4 is 18.4 Å². The number of benzene rings is 1. The molecule has 1 aromatic heterocycles. The standard InChI is InChI=1S/C16H17FN6O5/c1-28-13(25)16(18-10-24)5-7-21(8-6-16)14(26)23-15(27)22(19-20-23)12-4-2-3-11(17)9-12/h2-4,9-10H,5-8H2,1H3,(H,18,24). The van der Waals surface area contributed by atoms with Gasteiger partial charge in [0.25, 0.3) is 0 Å². The Morgan fingerprint density at radius 3 is 2.61 bits per heavy atom. The summed E-state index contributed by atoms with van der Waals surface area (Å²) in [6, 6.07) is 4.40. The number of esters is 1. The number of carbonyl (C=O) groups is 3. The molecule has 1 N–H and O–H groups in total. The van der Waals surface area contributed by atoms with Crippen molar-refractivity contribution in [3.8, 4) is 5.69 Å². The van der Waals surface area contributed by atoms with Crippen LogP contribution in [0.4, 0.5) is 9.18 Å². The van der Waals surface area contributed by atoms with Crippen LogP contribution in [0, 0.1) is 5.82 Å². The van der Waals surface area contributed by atoms with Crippen molar-refractivity contribution in [2.24, 2.45) is 0 Å². The second-order valence-corrected chi connectivity index (χ2v) is 6.17. The topological polar surface area (TPSA) is 128 Å². The number of nitrogens with one attached hydrogen (secondary N) is 1. The smallest absolute Gasteiger partial charge is 0.377 e. The summed E-state index contributed by atoms with van der Waals surface area (Å²) >= 11 is 0. The van der Waals surface area contributed by atoms with Gasteiger partial charge in [0, 0.05) is 13.1 Å². The van der Waals surface area contributed by atoms with E-state index in [0.29, 0.717) is 11.1 Å². The van der Waals surface area contributed by atoms with Crippen LogP contribution in [0.2, 0.25) is 0 Å². The van der Waals surface area contributed by atoms with Gasteiger partial charge < -0.3 is 15.0 Å². The number of methoxy groups -OCH3 is 1. The molecule has 11 nitrogen and oxygen atoms in total. The highest BCUT2D eigenvalue weighted by molar-refractivity contribution is 5.84. The van der Waals surface area contributed by atoms with E-state index >= 15 is 0 Å². The van der Waals surface area contributed by atoms with Crippen molar-refractivity contribution in [2.45, 2.75) is 18.4 Å². The zero-order valence-electron chi connectivity index (χ0n) is 14.9. The number of piperidine rings is 1. The molecular weight excluding hydrogens is 375 g/mol. The van der Waals surface area contributed by atoms with E-state index in [0.717, 1.165) is 10.7 Å². The maximum atomic E-state index is 13.4. The number of aromatic nitrogens is 4. The van der Waals surface area contributed by atoms with Gasteiger partial charge in [-0.05, 0) is 41.5 Å². The fraction of sp³-hybridized carbons (Fsp3) is 0.375. The van der Waals surface area contributed by atoms with Crippen LogP contribution in [-0.4, -0.2) is 68.8 Å². The Bertz CT molecular complexity index is 962. The molecular formula is C16H17FN6O5. The predicted molar refractivity (Wildman–Crippen MR) is 91.1 cm³/mol. The molecule has 2 amide bonds. The van der Waals surface area contributed by atoms with Gasteiger partial charge in [-0.15, -0.1) is 4.68 Å². The summed E-state index contributed by atoms with van der Waals surface area (Å²) in [5.41, 5.74) is -1.95. The molecule has 28 heavy (non-hydrogen) atoms. The molecule has 1 aromatic carbocycles. The quantitative estimate of drug-likeness (QED) is 0.413. The van der Waals surface area contributed by atoms with E-state index in [1.807, 2.05) is 0 Å². The molecule has 0 unspecified atom stereocenters. The van der Waals surface area contributed by atoms with E-state index in [9.17, 15) is 23.6 Å². The van der Waals surface area contributed by atoms with Crippen LogP contribution in [0.3, 0.4) is 0 Å². The molecule has 0 bridgehead atoms. The maximum Gasteiger partial charge on any atom is 0.377 e. The van der Waals surface area contributed by atoms with E-state index in [4.69, 9.17) is 4.74 Å². The van der Waals surface area contributed by atoms with Gasteiger partial charge in [0.15, 0.2) is 0 Å². The van der Waals surface area contributed by atoms with E-state index in [1.54, 1.807) is 0 Å². The predicted octanol–water partition coefficient (Wildman–Crippen LogP) is -0.710. The lowest BCUT2D eigenvalue weighted by molar-refractivity contribution is -0.151. The van der Waals surface area contributed by atoms with Crippen LogP contribution >= 0.6 is 0 Å². The number of nitrogens with zero attached hydrogens (tertiary/aromatic N) is 5. The Labute approximate surface area is 157 Å². The zero-order chi connectivity index (χ0) is 20.3. The van der Waals surface area contributed by atoms with Crippen molar-refractivity contribution in [3.63, 3.8) is 0 Å². The number of carbonyl (C=O) groups excluding carboxylic acids is 3. The molecule has 1 fully saturated rings. The number of hydrogen-bond donors (Lipinski definition) is 1. The fourth-order valence-electron chi connectivity index (χ4n) is 3.07. The average Bonchev–Trinajstić information content (AvgIpc) is 3.09. The minimum absolute atomic E-state index is 0.0774. The van der Waals surface area contributed by atoms with Gasteiger partial charge in [0.05, 0.1) is 12.8 Å². The zero-order valence-corrected chi connectivity index (χ0v) is 14.9. The molecule has 0 saturated carbocycles. The van der Waals surface area contributed by atoms with E-state index in [1.165, 1.54) is 30.2 Å². The Morgan fingerprint density at radius 1 is 1.29 bits per heavy atom. The van der Waals surface area contributed by atoms with Crippen molar-refractivity contribution in [1.82, 2.24) is 30.0 Å². The second-order valence-electron chi connectivity index (χ2n) is 6.17. The molecule has 0 atom stereocenters. The van der Waals surface area contributed by atoms with Crippen LogP contribution in [0.5, 0.6) is 0 Å². The van der Waals surface area contributed by atoms with Gasteiger partial charge in [-0.1, -0.05) is 6.07 Å². The summed E-state index contributed by atoms with van der Waals surface area (Å²) in [5.74, 6) is -1.18. The highest BCUT2D eigenvalue weighted by atomic mass is 19.1. The molecule has 0 radical (unpaired) electrons. The number of ether oxygens (including phenoxy) is 1. The molecule has 3 rings (SSSR count). The van der Waals surface area contributed by atoms with E-state index in [-0.39, 0.29) is 31.6 Å². The Morgan fingerprint density at radius 2 is 2.00 bits per heavy atom. The number of hydrogen-bond acceptors (Lipinski definition) is 7. The summed E-state index contributed by atoms with van der Waals surface area (Å²) in [6.45, 7) is 0.155. The molecule has 12 heteroatoms. The number of rotatable bonds is 4. The first-order valence-corrected chi connectivity index (χ1v) is 8.32. The molecule has 1 aliphatic rings. The van der Waals surface area contributed by atoms with Crippen molar-refractivity contribution < 1.29 is 23.5 Å². The number of amides is 2. The lowest BCUT2D eigenvalue weighted by Gasteiger charge is -2.38. The first-order chi connectivity index (χ1) is 13.4. The van der Waals surface area contributed by atoms with E-state index < -0.39 is 29.0 Å². The Balaban J connectivity index is 1.78. The monoisotopic (exact) mass is 392 g/mol. The SMILES string of the molecule is COC(=O)C1(NC=O)CCN(C(=O)n2nnn(-c3cccc(F)c3)c2=O)CC1. The minimum Gasteiger partial charge on any atom is -0.467 e. The van der Waals surface area contributed by atoms with Crippen LogP contribution in [-0.2, 0) is 14.3 Å². The molecule has 1 saturated heterocycles. The summed E-state index contributed by atoms with van der Waals surface area (Å²) in [4.78, 5) is 49.2. The maximum absolute atomic E-state index is 13.4. The molecule has 148 valence electrons. The third-order valence-electron chi connectivity index (χ3n) is 4.61. The summed E-state index contributed by atoms with van der Waals surface area (Å²) < 4.78 is 19.5.